The van der Waals surface area contributed by atoms with Crippen LogP contribution in [-0.2, 0) is 16.0 Å². The normalized spacial score (nSPS) is 11.8. The summed E-state index contributed by atoms with van der Waals surface area (Å²) >= 11 is 7.29. The highest BCUT2D eigenvalue weighted by Gasteiger charge is 2.20. The van der Waals surface area contributed by atoms with E-state index in [0.717, 1.165) is 0 Å². The number of aliphatic carboxylic acids is 1. The molecule has 2 rings (SSSR count). The number of halogens is 1. The minimum Gasteiger partial charge on any atom is -0.495 e. The molecule has 0 aliphatic heterocycles. The molecular formula is C15H15ClN2O4S. The first-order valence-electron chi connectivity index (χ1n) is 6.71. The van der Waals surface area contributed by atoms with Gasteiger partial charge in [-0.15, -0.1) is 11.3 Å². The van der Waals surface area contributed by atoms with Crippen LogP contribution in [0.1, 0.15) is 23.5 Å². The zero-order chi connectivity index (χ0) is 17.0. The Balaban J connectivity index is 2.06. The standard InChI is InChI=1S/C15H15ClN2O4S/c1-8(15-18-10(7-23-15)6-13(19)20)14(21)17-9-3-4-12(22-2)11(16)5-9/h3-5,7-8H,6H2,1-2H3,(H,17,21)(H,19,20). The second-order valence-electron chi connectivity index (χ2n) is 4.81. The average Bonchev–Trinajstić information content (AvgIpc) is 2.94. The molecule has 23 heavy (non-hydrogen) atoms. The molecule has 0 saturated heterocycles. The van der Waals surface area contributed by atoms with Crippen LogP contribution in [0.25, 0.3) is 0 Å². The number of ether oxygens (including phenoxy) is 1. The Labute approximate surface area is 142 Å². The van der Waals surface area contributed by atoms with E-state index in [9.17, 15) is 9.59 Å². The lowest BCUT2D eigenvalue weighted by Crippen LogP contribution is -2.18. The molecular weight excluding hydrogens is 340 g/mol. The van der Waals surface area contributed by atoms with Crippen LogP contribution >= 0.6 is 22.9 Å². The molecule has 122 valence electrons. The van der Waals surface area contributed by atoms with Crippen molar-refractivity contribution in [1.82, 2.24) is 4.98 Å². The molecule has 2 N–H and O–H groups in total. The monoisotopic (exact) mass is 354 g/mol. The molecule has 1 amide bonds. The summed E-state index contributed by atoms with van der Waals surface area (Å²) in [6, 6.07) is 4.95. The summed E-state index contributed by atoms with van der Waals surface area (Å²) in [7, 11) is 1.51. The quantitative estimate of drug-likeness (QED) is 0.831. The molecule has 1 atom stereocenters. The summed E-state index contributed by atoms with van der Waals surface area (Å²) in [5.74, 6) is -1.17. The second kappa shape index (κ2) is 7.43. The van der Waals surface area contributed by atoms with Crippen LogP contribution in [0.5, 0.6) is 5.75 Å². The van der Waals surface area contributed by atoms with Crippen molar-refractivity contribution in [2.75, 3.05) is 12.4 Å². The summed E-state index contributed by atoms with van der Waals surface area (Å²) in [6.07, 6.45) is -0.154. The lowest BCUT2D eigenvalue weighted by atomic mass is 10.1. The van der Waals surface area contributed by atoms with Gasteiger partial charge in [0.25, 0.3) is 0 Å². The molecule has 0 saturated carbocycles. The number of carbonyl (C=O) groups is 2. The van der Waals surface area contributed by atoms with Gasteiger partial charge in [-0.25, -0.2) is 4.98 Å². The van der Waals surface area contributed by atoms with Crippen LogP contribution in [0.15, 0.2) is 23.6 Å². The molecule has 1 aromatic carbocycles. The van der Waals surface area contributed by atoms with Gasteiger partial charge in [0.05, 0.1) is 30.2 Å². The van der Waals surface area contributed by atoms with Gasteiger partial charge in [0.2, 0.25) is 5.91 Å². The van der Waals surface area contributed by atoms with Crippen LogP contribution in [0.3, 0.4) is 0 Å². The van der Waals surface area contributed by atoms with Gasteiger partial charge in [-0.3, -0.25) is 9.59 Å². The van der Waals surface area contributed by atoms with Gasteiger partial charge < -0.3 is 15.2 Å². The van der Waals surface area contributed by atoms with Gasteiger partial charge in [-0.1, -0.05) is 11.6 Å². The first-order valence-corrected chi connectivity index (χ1v) is 7.97. The van der Waals surface area contributed by atoms with Crippen molar-refractivity contribution in [3.63, 3.8) is 0 Å². The largest absolute Gasteiger partial charge is 0.495 e. The van der Waals surface area contributed by atoms with E-state index >= 15 is 0 Å². The van der Waals surface area contributed by atoms with Crippen molar-refractivity contribution in [3.05, 3.63) is 39.3 Å². The van der Waals surface area contributed by atoms with Gasteiger partial charge in [0.1, 0.15) is 10.8 Å². The molecule has 6 nitrogen and oxygen atoms in total. The highest BCUT2D eigenvalue weighted by Crippen LogP contribution is 2.28. The number of thiazole rings is 1. The fourth-order valence-corrected chi connectivity index (χ4v) is 3.00. The highest BCUT2D eigenvalue weighted by atomic mass is 35.5. The summed E-state index contributed by atoms with van der Waals surface area (Å²) in [4.78, 5) is 27.1. The number of hydrogen-bond donors (Lipinski definition) is 2. The Morgan fingerprint density at radius 1 is 1.48 bits per heavy atom. The van der Waals surface area contributed by atoms with Crippen molar-refractivity contribution < 1.29 is 19.4 Å². The van der Waals surface area contributed by atoms with E-state index in [2.05, 4.69) is 10.3 Å². The molecule has 0 aliphatic carbocycles. The first kappa shape index (κ1) is 17.2. The number of methoxy groups -OCH3 is 1. The SMILES string of the molecule is COc1ccc(NC(=O)C(C)c2nc(CC(=O)O)cs2)cc1Cl. The number of nitrogens with one attached hydrogen (secondary N) is 1. The zero-order valence-electron chi connectivity index (χ0n) is 12.5. The van der Waals surface area contributed by atoms with E-state index in [-0.39, 0.29) is 12.3 Å². The van der Waals surface area contributed by atoms with Crippen molar-refractivity contribution >= 4 is 40.5 Å². The van der Waals surface area contributed by atoms with Crippen LogP contribution < -0.4 is 10.1 Å². The second-order valence-corrected chi connectivity index (χ2v) is 6.10. The lowest BCUT2D eigenvalue weighted by Gasteiger charge is -2.11. The van der Waals surface area contributed by atoms with E-state index < -0.39 is 11.9 Å². The summed E-state index contributed by atoms with van der Waals surface area (Å²) in [5, 5.41) is 14.1. The number of carboxylic acids is 1. The summed E-state index contributed by atoms with van der Waals surface area (Å²) in [6.45, 7) is 1.71. The first-order chi connectivity index (χ1) is 10.9. The summed E-state index contributed by atoms with van der Waals surface area (Å²) < 4.78 is 5.06. The Kier molecular flexibility index (Phi) is 5.57. The average molecular weight is 355 g/mol. The van der Waals surface area contributed by atoms with Gasteiger partial charge in [-0.05, 0) is 25.1 Å². The third kappa shape index (κ3) is 4.43. The minimum absolute atomic E-state index is 0.154. The third-order valence-corrected chi connectivity index (χ3v) is 4.46. The molecule has 1 unspecified atom stereocenters. The van der Waals surface area contributed by atoms with E-state index in [1.54, 1.807) is 30.5 Å². The lowest BCUT2D eigenvalue weighted by molar-refractivity contribution is -0.136. The van der Waals surface area contributed by atoms with E-state index in [0.29, 0.717) is 27.2 Å². The highest BCUT2D eigenvalue weighted by molar-refractivity contribution is 7.09. The minimum atomic E-state index is -0.952. The maximum Gasteiger partial charge on any atom is 0.309 e. The van der Waals surface area contributed by atoms with Crippen molar-refractivity contribution in [2.45, 2.75) is 19.3 Å². The van der Waals surface area contributed by atoms with E-state index in [1.165, 1.54) is 18.4 Å². The third-order valence-electron chi connectivity index (χ3n) is 3.08. The van der Waals surface area contributed by atoms with E-state index in [4.69, 9.17) is 21.4 Å². The molecule has 0 radical (unpaired) electrons. The summed E-state index contributed by atoms with van der Waals surface area (Å²) in [5.41, 5.74) is 1.000. The molecule has 1 heterocycles. The molecule has 1 aromatic heterocycles. The Morgan fingerprint density at radius 3 is 2.83 bits per heavy atom. The van der Waals surface area contributed by atoms with Crippen LogP contribution in [0.2, 0.25) is 5.02 Å². The molecule has 8 heteroatoms. The number of carbonyl (C=O) groups excluding carboxylic acids is 1. The van der Waals surface area contributed by atoms with Crippen LogP contribution in [0.4, 0.5) is 5.69 Å². The number of anilines is 1. The number of aromatic nitrogens is 1. The molecule has 0 fully saturated rings. The molecule has 0 bridgehead atoms. The van der Waals surface area contributed by atoms with Crippen molar-refractivity contribution in [1.29, 1.82) is 0 Å². The van der Waals surface area contributed by atoms with E-state index in [1.807, 2.05) is 0 Å². The number of benzene rings is 1. The Bertz CT molecular complexity index is 732. The molecule has 0 spiro atoms. The van der Waals surface area contributed by atoms with Gasteiger partial charge in [0, 0.05) is 11.1 Å². The predicted octanol–water partition coefficient (Wildman–Crippen LogP) is 3.17. The number of nitrogens with zero attached hydrogens (tertiary/aromatic N) is 1. The maximum atomic E-state index is 12.3. The van der Waals surface area contributed by atoms with Gasteiger partial charge in [-0.2, -0.15) is 0 Å². The molecule has 2 aromatic rings. The van der Waals surface area contributed by atoms with Crippen LogP contribution in [-0.4, -0.2) is 29.1 Å². The van der Waals surface area contributed by atoms with Gasteiger partial charge in [0.15, 0.2) is 0 Å². The fourth-order valence-electron chi connectivity index (χ4n) is 1.86. The number of amides is 1. The van der Waals surface area contributed by atoms with Crippen molar-refractivity contribution in [3.8, 4) is 5.75 Å². The molecule has 0 aliphatic rings. The number of rotatable bonds is 6. The number of carboxylic acid groups (broad SMARTS) is 1. The van der Waals surface area contributed by atoms with Crippen LogP contribution in [0, 0.1) is 0 Å². The smallest absolute Gasteiger partial charge is 0.309 e. The number of hydrogen-bond acceptors (Lipinski definition) is 5. The van der Waals surface area contributed by atoms with Gasteiger partial charge >= 0.3 is 5.97 Å². The fraction of sp³-hybridized carbons (Fsp3) is 0.267. The zero-order valence-corrected chi connectivity index (χ0v) is 14.1. The topological polar surface area (TPSA) is 88.5 Å². The maximum absolute atomic E-state index is 12.3. The Hall–Kier alpha value is -2.12. The predicted molar refractivity (Wildman–Crippen MR) is 88.5 cm³/mol. The Morgan fingerprint density at radius 2 is 2.22 bits per heavy atom. The van der Waals surface area contributed by atoms with Crippen molar-refractivity contribution in [2.24, 2.45) is 0 Å².